The third-order valence-corrected chi connectivity index (χ3v) is 3.56. The van der Waals surface area contributed by atoms with Crippen molar-refractivity contribution in [3.05, 3.63) is 44.7 Å². The molecule has 78 valence electrons. The van der Waals surface area contributed by atoms with Crippen molar-refractivity contribution in [2.75, 3.05) is 5.32 Å². The molecule has 2 aromatic rings. The molecule has 0 aliphatic carbocycles. The van der Waals surface area contributed by atoms with Crippen LogP contribution in [0.25, 0.3) is 0 Å². The van der Waals surface area contributed by atoms with Crippen LogP contribution in [0.3, 0.4) is 0 Å². The lowest BCUT2D eigenvalue weighted by atomic mass is 10.3. The second-order valence-electron chi connectivity index (χ2n) is 3.33. The van der Waals surface area contributed by atoms with Gasteiger partial charge in [0, 0.05) is 12.7 Å². The molecule has 2 nitrogen and oxygen atoms in total. The molecule has 0 radical (unpaired) electrons. The van der Waals surface area contributed by atoms with Crippen molar-refractivity contribution in [3.63, 3.8) is 0 Å². The highest BCUT2D eigenvalue weighted by atomic mass is 79.9. The normalized spacial score (nSPS) is 10.3. The number of halogens is 1. The zero-order chi connectivity index (χ0) is 10.7. The van der Waals surface area contributed by atoms with Crippen molar-refractivity contribution in [3.8, 4) is 0 Å². The molecule has 4 heteroatoms. The summed E-state index contributed by atoms with van der Waals surface area (Å²) < 4.78 is 1.16. The number of rotatable bonds is 3. The van der Waals surface area contributed by atoms with Crippen LogP contribution >= 0.6 is 27.3 Å². The summed E-state index contributed by atoms with van der Waals surface area (Å²) in [6, 6.07) is 6.15. The van der Waals surface area contributed by atoms with Crippen LogP contribution < -0.4 is 5.32 Å². The van der Waals surface area contributed by atoms with E-state index in [0.29, 0.717) is 0 Å². The van der Waals surface area contributed by atoms with Crippen molar-refractivity contribution in [1.82, 2.24) is 4.98 Å². The Morgan fingerprint density at radius 1 is 1.47 bits per heavy atom. The van der Waals surface area contributed by atoms with E-state index < -0.39 is 0 Å². The van der Waals surface area contributed by atoms with Crippen LogP contribution in [-0.2, 0) is 6.54 Å². The number of pyridine rings is 1. The second kappa shape index (κ2) is 4.77. The molecule has 2 heterocycles. The standard InChI is InChI=1S/C11H11BrN2S/c1-8-2-3-13-11(4-8)14-6-9-5-10(12)15-7-9/h2-5,7H,6H2,1H3,(H,13,14). The van der Waals surface area contributed by atoms with Gasteiger partial charge in [-0.1, -0.05) is 0 Å². The first-order valence-electron chi connectivity index (χ1n) is 4.63. The molecular formula is C11H11BrN2S. The van der Waals surface area contributed by atoms with Gasteiger partial charge in [0.25, 0.3) is 0 Å². The van der Waals surface area contributed by atoms with E-state index >= 15 is 0 Å². The predicted molar refractivity (Wildman–Crippen MR) is 68.3 cm³/mol. The lowest BCUT2D eigenvalue weighted by Crippen LogP contribution is -1.99. The Kier molecular flexibility index (Phi) is 3.38. The minimum absolute atomic E-state index is 0.818. The molecule has 1 N–H and O–H groups in total. The van der Waals surface area contributed by atoms with Gasteiger partial charge in [-0.05, 0) is 57.6 Å². The maximum Gasteiger partial charge on any atom is 0.126 e. The number of aromatic nitrogens is 1. The Bertz CT molecular complexity index is 453. The maximum absolute atomic E-state index is 4.24. The Hall–Kier alpha value is -0.870. The summed E-state index contributed by atoms with van der Waals surface area (Å²) in [5.74, 6) is 0.928. The average molecular weight is 283 g/mol. The van der Waals surface area contributed by atoms with Crippen molar-refractivity contribution >= 4 is 33.1 Å². The summed E-state index contributed by atoms with van der Waals surface area (Å²) >= 11 is 5.14. The SMILES string of the molecule is Cc1ccnc(NCc2csc(Br)c2)c1. The van der Waals surface area contributed by atoms with Crippen LogP contribution in [0.15, 0.2) is 33.6 Å². The van der Waals surface area contributed by atoms with E-state index in [0.717, 1.165) is 16.1 Å². The van der Waals surface area contributed by atoms with Crippen LogP contribution in [0.4, 0.5) is 5.82 Å². The Morgan fingerprint density at radius 3 is 3.00 bits per heavy atom. The van der Waals surface area contributed by atoms with Crippen molar-refractivity contribution in [2.45, 2.75) is 13.5 Å². The quantitative estimate of drug-likeness (QED) is 0.926. The third kappa shape index (κ3) is 3.04. The molecule has 0 aromatic carbocycles. The first kappa shape index (κ1) is 10.6. The molecular weight excluding hydrogens is 272 g/mol. The molecule has 0 unspecified atom stereocenters. The van der Waals surface area contributed by atoms with Crippen LogP contribution in [-0.4, -0.2) is 4.98 Å². The van der Waals surface area contributed by atoms with Crippen LogP contribution in [0, 0.1) is 6.92 Å². The lowest BCUT2D eigenvalue weighted by Gasteiger charge is -2.04. The smallest absolute Gasteiger partial charge is 0.126 e. The van der Waals surface area contributed by atoms with Crippen molar-refractivity contribution in [2.24, 2.45) is 0 Å². The minimum atomic E-state index is 0.818. The highest BCUT2D eigenvalue weighted by molar-refractivity contribution is 9.11. The molecule has 2 rings (SSSR count). The monoisotopic (exact) mass is 282 g/mol. The molecule has 0 aliphatic rings. The van der Waals surface area contributed by atoms with E-state index in [4.69, 9.17) is 0 Å². The Labute approximate surface area is 101 Å². The van der Waals surface area contributed by atoms with Gasteiger partial charge in [-0.25, -0.2) is 4.98 Å². The fraction of sp³-hybridized carbons (Fsp3) is 0.182. The van der Waals surface area contributed by atoms with E-state index in [9.17, 15) is 0 Å². The zero-order valence-electron chi connectivity index (χ0n) is 8.33. The van der Waals surface area contributed by atoms with Crippen molar-refractivity contribution < 1.29 is 0 Å². The molecule has 0 fully saturated rings. The number of nitrogens with zero attached hydrogens (tertiary/aromatic N) is 1. The molecule has 2 aromatic heterocycles. The highest BCUT2D eigenvalue weighted by Crippen LogP contribution is 2.21. The molecule has 0 saturated carbocycles. The first-order valence-corrected chi connectivity index (χ1v) is 6.31. The molecule has 0 spiro atoms. The van der Waals surface area contributed by atoms with Gasteiger partial charge in [-0.15, -0.1) is 11.3 Å². The molecule has 0 bridgehead atoms. The minimum Gasteiger partial charge on any atom is -0.366 e. The van der Waals surface area contributed by atoms with Gasteiger partial charge in [0.2, 0.25) is 0 Å². The van der Waals surface area contributed by atoms with E-state index in [1.54, 1.807) is 11.3 Å². The van der Waals surface area contributed by atoms with Crippen LogP contribution in [0.1, 0.15) is 11.1 Å². The fourth-order valence-corrected chi connectivity index (χ4v) is 2.47. The van der Waals surface area contributed by atoms with Gasteiger partial charge >= 0.3 is 0 Å². The van der Waals surface area contributed by atoms with Gasteiger partial charge < -0.3 is 5.32 Å². The first-order chi connectivity index (χ1) is 7.24. The van der Waals surface area contributed by atoms with E-state index in [1.165, 1.54) is 11.1 Å². The topological polar surface area (TPSA) is 24.9 Å². The number of hydrogen-bond acceptors (Lipinski definition) is 3. The van der Waals surface area contributed by atoms with Crippen LogP contribution in [0.5, 0.6) is 0 Å². The molecule has 0 atom stereocenters. The van der Waals surface area contributed by atoms with Crippen molar-refractivity contribution in [1.29, 1.82) is 0 Å². The molecule has 0 saturated heterocycles. The summed E-state index contributed by atoms with van der Waals surface area (Å²) in [4.78, 5) is 4.24. The Morgan fingerprint density at radius 2 is 2.33 bits per heavy atom. The van der Waals surface area contributed by atoms with Gasteiger partial charge in [-0.2, -0.15) is 0 Å². The number of hydrogen-bond donors (Lipinski definition) is 1. The molecule has 0 aliphatic heterocycles. The maximum atomic E-state index is 4.24. The molecule has 15 heavy (non-hydrogen) atoms. The van der Waals surface area contributed by atoms with Gasteiger partial charge in [0.05, 0.1) is 3.79 Å². The average Bonchev–Trinajstić information content (AvgIpc) is 2.62. The summed E-state index contributed by atoms with van der Waals surface area (Å²) in [5.41, 5.74) is 2.49. The molecule has 0 amide bonds. The van der Waals surface area contributed by atoms with E-state index in [2.05, 4.69) is 44.6 Å². The zero-order valence-corrected chi connectivity index (χ0v) is 10.7. The number of nitrogens with one attached hydrogen (secondary N) is 1. The Balaban J connectivity index is 1.99. The summed E-state index contributed by atoms with van der Waals surface area (Å²) in [6.45, 7) is 2.88. The summed E-state index contributed by atoms with van der Waals surface area (Å²) in [5, 5.41) is 5.42. The highest BCUT2D eigenvalue weighted by Gasteiger charge is 1.98. The van der Waals surface area contributed by atoms with Crippen LogP contribution in [0.2, 0.25) is 0 Å². The number of thiophene rings is 1. The number of aryl methyl sites for hydroxylation is 1. The van der Waals surface area contributed by atoms with E-state index in [1.807, 2.05) is 18.3 Å². The van der Waals surface area contributed by atoms with E-state index in [-0.39, 0.29) is 0 Å². The van der Waals surface area contributed by atoms with Gasteiger partial charge in [0.15, 0.2) is 0 Å². The summed E-state index contributed by atoms with van der Waals surface area (Å²) in [7, 11) is 0. The lowest BCUT2D eigenvalue weighted by molar-refractivity contribution is 1.11. The predicted octanol–water partition coefficient (Wildman–Crippen LogP) is 3.83. The largest absolute Gasteiger partial charge is 0.366 e. The third-order valence-electron chi connectivity index (χ3n) is 2.01. The van der Waals surface area contributed by atoms with Gasteiger partial charge in [0.1, 0.15) is 5.82 Å². The second-order valence-corrected chi connectivity index (χ2v) is 5.62. The van der Waals surface area contributed by atoms with Gasteiger partial charge in [-0.3, -0.25) is 0 Å². The summed E-state index contributed by atoms with van der Waals surface area (Å²) in [6.07, 6.45) is 1.82. The fourth-order valence-electron chi connectivity index (χ4n) is 1.26. The number of anilines is 1.